The molecule has 0 spiro atoms. The van der Waals surface area contributed by atoms with E-state index in [2.05, 4.69) is 30.1 Å². The normalized spacial score (nSPS) is 10.3. The van der Waals surface area contributed by atoms with Crippen LogP contribution in [0.2, 0.25) is 0 Å². The van der Waals surface area contributed by atoms with E-state index < -0.39 is 0 Å². The molecule has 0 aliphatic heterocycles. The lowest BCUT2D eigenvalue weighted by atomic mass is 10.0. The van der Waals surface area contributed by atoms with Gasteiger partial charge in [-0.3, -0.25) is 5.10 Å². The Bertz CT molecular complexity index is 620. The number of aromatic amines is 1. The molecule has 0 radical (unpaired) electrons. The van der Waals surface area contributed by atoms with Crippen molar-refractivity contribution < 1.29 is 4.74 Å². The Morgan fingerprint density at radius 1 is 1.20 bits per heavy atom. The molecule has 1 heterocycles. The summed E-state index contributed by atoms with van der Waals surface area (Å²) in [7, 11) is 0. The maximum atomic E-state index is 9.11. The Balaban J connectivity index is 2.41. The summed E-state index contributed by atoms with van der Waals surface area (Å²) in [6.45, 7) is 7.97. The standard InChI is InChI=1S/C16H19N3O/c1-5-14-16(15(6-2)19-18-14)20-12-7-10(3)13(9-17)11(4)8-12/h7-8H,5-6H2,1-4H3,(H,18,19). The van der Waals surface area contributed by atoms with Gasteiger partial charge in [0.15, 0.2) is 5.75 Å². The molecule has 1 aromatic carbocycles. The number of nitrogens with zero attached hydrogens (tertiary/aromatic N) is 2. The number of hydrogen-bond donors (Lipinski definition) is 1. The van der Waals surface area contributed by atoms with Gasteiger partial charge in [-0.1, -0.05) is 13.8 Å². The van der Waals surface area contributed by atoms with Gasteiger partial charge in [0.2, 0.25) is 0 Å². The zero-order chi connectivity index (χ0) is 14.7. The van der Waals surface area contributed by atoms with Gasteiger partial charge >= 0.3 is 0 Å². The number of nitrogens with one attached hydrogen (secondary N) is 1. The van der Waals surface area contributed by atoms with Gasteiger partial charge in [0.25, 0.3) is 0 Å². The number of ether oxygens (including phenoxy) is 1. The van der Waals surface area contributed by atoms with Gasteiger partial charge in [0, 0.05) is 0 Å². The molecular formula is C16H19N3O. The molecule has 4 nitrogen and oxygen atoms in total. The molecule has 2 rings (SSSR count). The molecule has 20 heavy (non-hydrogen) atoms. The fraction of sp³-hybridized carbons (Fsp3) is 0.375. The van der Waals surface area contributed by atoms with Crippen molar-refractivity contribution in [1.82, 2.24) is 10.2 Å². The summed E-state index contributed by atoms with van der Waals surface area (Å²) >= 11 is 0. The van der Waals surface area contributed by atoms with E-state index in [1.165, 1.54) is 0 Å². The topological polar surface area (TPSA) is 61.7 Å². The molecule has 0 aliphatic rings. The lowest BCUT2D eigenvalue weighted by Crippen LogP contribution is -1.94. The van der Waals surface area contributed by atoms with Crippen molar-refractivity contribution in [3.63, 3.8) is 0 Å². The average molecular weight is 269 g/mol. The van der Waals surface area contributed by atoms with Crippen molar-refractivity contribution in [2.24, 2.45) is 0 Å². The first-order valence-corrected chi connectivity index (χ1v) is 6.86. The van der Waals surface area contributed by atoms with E-state index in [-0.39, 0.29) is 0 Å². The van der Waals surface area contributed by atoms with E-state index in [1.807, 2.05) is 26.0 Å². The molecule has 0 fully saturated rings. The van der Waals surface area contributed by atoms with E-state index in [4.69, 9.17) is 10.00 Å². The van der Waals surface area contributed by atoms with Crippen molar-refractivity contribution in [3.8, 4) is 17.6 Å². The van der Waals surface area contributed by atoms with E-state index >= 15 is 0 Å². The molecule has 0 bridgehead atoms. The molecule has 1 aromatic heterocycles. The van der Waals surface area contributed by atoms with Crippen LogP contribution >= 0.6 is 0 Å². The second-order valence-corrected chi connectivity index (χ2v) is 4.83. The van der Waals surface area contributed by atoms with Gasteiger partial charge in [0.1, 0.15) is 11.4 Å². The van der Waals surface area contributed by atoms with Gasteiger partial charge < -0.3 is 4.74 Å². The summed E-state index contributed by atoms with van der Waals surface area (Å²) in [5, 5.41) is 16.4. The van der Waals surface area contributed by atoms with E-state index in [0.29, 0.717) is 0 Å². The Morgan fingerprint density at radius 2 is 1.85 bits per heavy atom. The highest BCUT2D eigenvalue weighted by molar-refractivity contribution is 5.49. The highest BCUT2D eigenvalue weighted by Crippen LogP contribution is 2.30. The Kier molecular flexibility index (Phi) is 4.09. The lowest BCUT2D eigenvalue weighted by molar-refractivity contribution is 0.470. The summed E-state index contributed by atoms with van der Waals surface area (Å²) in [6, 6.07) is 6.02. The predicted octanol–water partition coefficient (Wildman–Crippen LogP) is 3.82. The number of benzene rings is 1. The zero-order valence-corrected chi connectivity index (χ0v) is 12.4. The second-order valence-electron chi connectivity index (χ2n) is 4.83. The number of hydrogen-bond acceptors (Lipinski definition) is 3. The summed E-state index contributed by atoms with van der Waals surface area (Å²) in [5.74, 6) is 1.57. The fourth-order valence-corrected chi connectivity index (χ4v) is 2.29. The van der Waals surface area contributed by atoms with E-state index in [9.17, 15) is 0 Å². The van der Waals surface area contributed by atoms with Crippen molar-refractivity contribution >= 4 is 0 Å². The molecule has 104 valence electrons. The van der Waals surface area contributed by atoms with Crippen LogP contribution in [-0.4, -0.2) is 10.2 Å². The van der Waals surface area contributed by atoms with Crippen LogP contribution in [0.15, 0.2) is 12.1 Å². The van der Waals surface area contributed by atoms with Crippen LogP contribution in [0.4, 0.5) is 0 Å². The third-order valence-corrected chi connectivity index (χ3v) is 3.39. The number of aryl methyl sites for hydroxylation is 4. The molecule has 0 aliphatic carbocycles. The maximum Gasteiger partial charge on any atom is 0.171 e. The summed E-state index contributed by atoms with van der Waals surface area (Å²) in [4.78, 5) is 0. The van der Waals surface area contributed by atoms with E-state index in [1.54, 1.807) is 0 Å². The van der Waals surface area contributed by atoms with Crippen molar-refractivity contribution in [1.29, 1.82) is 5.26 Å². The average Bonchev–Trinajstić information content (AvgIpc) is 2.80. The third-order valence-electron chi connectivity index (χ3n) is 3.39. The summed E-state index contributed by atoms with van der Waals surface area (Å²) in [5.41, 5.74) is 4.52. The molecule has 0 unspecified atom stereocenters. The van der Waals surface area contributed by atoms with Crippen molar-refractivity contribution in [3.05, 3.63) is 40.2 Å². The van der Waals surface area contributed by atoms with Gasteiger partial charge in [-0.25, -0.2) is 0 Å². The first kappa shape index (κ1) is 14.1. The Labute approximate surface area is 119 Å². The van der Waals surface area contributed by atoms with E-state index in [0.717, 1.165) is 52.4 Å². The van der Waals surface area contributed by atoms with Gasteiger partial charge in [-0.05, 0) is 49.9 Å². The SMILES string of the molecule is CCc1n[nH]c(CC)c1Oc1cc(C)c(C#N)c(C)c1. The lowest BCUT2D eigenvalue weighted by Gasteiger charge is -2.10. The predicted molar refractivity (Wildman–Crippen MR) is 78.0 cm³/mol. The molecule has 0 saturated carbocycles. The summed E-state index contributed by atoms with van der Waals surface area (Å²) in [6.07, 6.45) is 1.66. The minimum absolute atomic E-state index is 0.718. The second kappa shape index (κ2) is 5.79. The van der Waals surface area contributed by atoms with Gasteiger partial charge in [-0.15, -0.1) is 0 Å². The first-order valence-electron chi connectivity index (χ1n) is 6.86. The van der Waals surface area contributed by atoms with Crippen LogP contribution in [0.25, 0.3) is 0 Å². The number of nitriles is 1. The third kappa shape index (κ3) is 2.53. The van der Waals surface area contributed by atoms with Crippen LogP contribution < -0.4 is 4.74 Å². The van der Waals surface area contributed by atoms with Crippen molar-refractivity contribution in [2.45, 2.75) is 40.5 Å². The number of aromatic nitrogens is 2. The number of rotatable bonds is 4. The highest BCUT2D eigenvalue weighted by Gasteiger charge is 2.14. The van der Waals surface area contributed by atoms with Crippen LogP contribution in [0, 0.1) is 25.2 Å². The van der Waals surface area contributed by atoms with Crippen LogP contribution in [0.3, 0.4) is 0 Å². The first-order chi connectivity index (χ1) is 9.60. The van der Waals surface area contributed by atoms with Crippen molar-refractivity contribution in [2.75, 3.05) is 0 Å². The molecule has 0 amide bonds. The molecular weight excluding hydrogens is 250 g/mol. The van der Waals surface area contributed by atoms with Crippen LogP contribution in [-0.2, 0) is 12.8 Å². The van der Waals surface area contributed by atoms with Gasteiger partial charge in [0.05, 0.1) is 17.3 Å². The maximum absolute atomic E-state index is 9.11. The molecule has 4 heteroatoms. The monoisotopic (exact) mass is 269 g/mol. The largest absolute Gasteiger partial charge is 0.453 e. The Hall–Kier alpha value is -2.28. The van der Waals surface area contributed by atoms with Crippen LogP contribution in [0.1, 0.15) is 41.9 Å². The Morgan fingerprint density at radius 3 is 2.35 bits per heavy atom. The quantitative estimate of drug-likeness (QED) is 0.917. The molecule has 0 saturated heterocycles. The molecule has 2 aromatic rings. The minimum Gasteiger partial charge on any atom is -0.453 e. The van der Waals surface area contributed by atoms with Crippen LogP contribution in [0.5, 0.6) is 11.5 Å². The zero-order valence-electron chi connectivity index (χ0n) is 12.4. The highest BCUT2D eigenvalue weighted by atomic mass is 16.5. The molecule has 1 N–H and O–H groups in total. The fourth-order valence-electron chi connectivity index (χ4n) is 2.29. The molecule has 0 atom stereocenters. The smallest absolute Gasteiger partial charge is 0.171 e. The number of H-pyrrole nitrogens is 1. The minimum atomic E-state index is 0.718. The van der Waals surface area contributed by atoms with Gasteiger partial charge in [-0.2, -0.15) is 10.4 Å². The summed E-state index contributed by atoms with van der Waals surface area (Å²) < 4.78 is 6.02.